The Balaban J connectivity index is 1.60. The topological polar surface area (TPSA) is 42.0 Å². The zero-order valence-corrected chi connectivity index (χ0v) is 17.0. The molecule has 0 bridgehead atoms. The average molecular weight is 393 g/mol. The third kappa shape index (κ3) is 4.96. The molecule has 6 heteroatoms. The number of methoxy groups -OCH3 is 1. The summed E-state index contributed by atoms with van der Waals surface area (Å²) >= 11 is 6.27. The number of hydrogen-bond donors (Lipinski definition) is 0. The van der Waals surface area contributed by atoms with E-state index in [2.05, 4.69) is 4.90 Å². The maximum atomic E-state index is 12.5. The number of halogens is 1. The molecule has 1 saturated heterocycles. The van der Waals surface area contributed by atoms with E-state index in [1.807, 2.05) is 17.9 Å². The number of nitrogens with zero attached hydrogens (tertiary/aromatic N) is 2. The van der Waals surface area contributed by atoms with Crippen molar-refractivity contribution in [2.24, 2.45) is 0 Å². The predicted octanol–water partition coefficient (Wildman–Crippen LogP) is 3.85. The first-order chi connectivity index (χ1) is 13.1. The quantitative estimate of drug-likeness (QED) is 0.689. The SMILES string of the molecule is CCOc1cc(/C=C/C(=O)N2CCN(C3CCCC3)CC2)cc(Cl)c1OC. The lowest BCUT2D eigenvalue weighted by Gasteiger charge is -2.37. The number of hydrogen-bond acceptors (Lipinski definition) is 4. The molecular formula is C21H29ClN2O3. The van der Waals surface area contributed by atoms with Gasteiger partial charge < -0.3 is 14.4 Å². The number of piperazine rings is 1. The molecule has 2 fully saturated rings. The Morgan fingerprint density at radius 3 is 2.56 bits per heavy atom. The van der Waals surface area contributed by atoms with Crippen LogP contribution in [0.1, 0.15) is 38.2 Å². The van der Waals surface area contributed by atoms with E-state index < -0.39 is 0 Å². The van der Waals surface area contributed by atoms with Crippen molar-refractivity contribution >= 4 is 23.6 Å². The van der Waals surface area contributed by atoms with E-state index in [-0.39, 0.29) is 5.91 Å². The van der Waals surface area contributed by atoms with E-state index in [0.717, 1.165) is 37.8 Å². The van der Waals surface area contributed by atoms with Gasteiger partial charge in [-0.15, -0.1) is 0 Å². The zero-order valence-electron chi connectivity index (χ0n) is 16.2. The molecular weight excluding hydrogens is 364 g/mol. The van der Waals surface area contributed by atoms with Crippen molar-refractivity contribution < 1.29 is 14.3 Å². The maximum Gasteiger partial charge on any atom is 0.246 e. The van der Waals surface area contributed by atoms with Gasteiger partial charge >= 0.3 is 0 Å². The lowest BCUT2D eigenvalue weighted by Crippen LogP contribution is -2.51. The molecule has 3 rings (SSSR count). The molecule has 0 spiro atoms. The number of carbonyl (C=O) groups excluding carboxylic acids is 1. The van der Waals surface area contributed by atoms with Gasteiger partial charge in [0.25, 0.3) is 0 Å². The minimum Gasteiger partial charge on any atom is -0.491 e. The molecule has 1 aliphatic heterocycles. The van der Waals surface area contributed by atoms with E-state index in [1.165, 1.54) is 25.7 Å². The van der Waals surface area contributed by atoms with Crippen LogP contribution in [0, 0.1) is 0 Å². The second-order valence-electron chi connectivity index (χ2n) is 7.10. The molecule has 1 aliphatic carbocycles. The van der Waals surface area contributed by atoms with Gasteiger partial charge in [0.15, 0.2) is 11.5 Å². The lowest BCUT2D eigenvalue weighted by atomic mass is 10.1. The number of amides is 1. The average Bonchev–Trinajstić information content (AvgIpc) is 3.21. The van der Waals surface area contributed by atoms with Gasteiger partial charge in [-0.05, 0) is 43.5 Å². The summed E-state index contributed by atoms with van der Waals surface area (Å²) in [4.78, 5) is 17.0. The second-order valence-corrected chi connectivity index (χ2v) is 7.51. The minimum absolute atomic E-state index is 0.0472. The fraction of sp³-hybridized carbons (Fsp3) is 0.571. The van der Waals surface area contributed by atoms with Gasteiger partial charge in [0.2, 0.25) is 5.91 Å². The van der Waals surface area contributed by atoms with Gasteiger partial charge in [-0.1, -0.05) is 24.4 Å². The first-order valence-corrected chi connectivity index (χ1v) is 10.2. The first-order valence-electron chi connectivity index (χ1n) is 9.83. The Hall–Kier alpha value is -1.72. The largest absolute Gasteiger partial charge is 0.491 e. The summed E-state index contributed by atoms with van der Waals surface area (Å²) in [5.74, 6) is 1.15. The van der Waals surface area contributed by atoms with Crippen LogP contribution in [0.15, 0.2) is 18.2 Å². The molecule has 0 radical (unpaired) electrons. The van der Waals surface area contributed by atoms with Gasteiger partial charge in [0, 0.05) is 38.3 Å². The third-order valence-electron chi connectivity index (χ3n) is 5.42. The standard InChI is InChI=1S/C21H29ClN2O3/c1-3-27-19-15-16(14-18(22)21(19)26-2)8-9-20(25)24-12-10-23(11-13-24)17-6-4-5-7-17/h8-9,14-15,17H,3-7,10-13H2,1-2H3/b9-8+. The number of carbonyl (C=O) groups is 1. The van der Waals surface area contributed by atoms with Gasteiger partial charge in [-0.3, -0.25) is 9.69 Å². The Kier molecular flexibility index (Phi) is 7.02. The Labute approximate surface area is 166 Å². The molecule has 1 heterocycles. The molecule has 1 aromatic rings. The molecule has 27 heavy (non-hydrogen) atoms. The van der Waals surface area contributed by atoms with Crippen molar-refractivity contribution in [2.45, 2.75) is 38.6 Å². The van der Waals surface area contributed by atoms with E-state index in [1.54, 1.807) is 25.3 Å². The molecule has 0 unspecified atom stereocenters. The Morgan fingerprint density at radius 2 is 1.93 bits per heavy atom. The highest BCUT2D eigenvalue weighted by Gasteiger charge is 2.27. The Bertz CT molecular complexity index is 678. The molecule has 0 atom stereocenters. The molecule has 2 aliphatic rings. The third-order valence-corrected chi connectivity index (χ3v) is 5.70. The highest BCUT2D eigenvalue weighted by atomic mass is 35.5. The summed E-state index contributed by atoms with van der Waals surface area (Å²) in [6.45, 7) is 5.98. The van der Waals surface area contributed by atoms with E-state index in [0.29, 0.717) is 23.1 Å². The fourth-order valence-electron chi connectivity index (χ4n) is 3.99. The van der Waals surface area contributed by atoms with E-state index in [9.17, 15) is 4.79 Å². The van der Waals surface area contributed by atoms with E-state index >= 15 is 0 Å². The molecule has 0 aromatic heterocycles. The second kappa shape index (κ2) is 9.47. The summed E-state index contributed by atoms with van der Waals surface area (Å²) in [5, 5.41) is 0.473. The van der Waals surface area contributed by atoms with Crippen molar-refractivity contribution in [1.29, 1.82) is 0 Å². The summed E-state index contributed by atoms with van der Waals surface area (Å²) in [6.07, 6.45) is 8.74. The molecule has 0 N–H and O–H groups in total. The van der Waals surface area contributed by atoms with Crippen molar-refractivity contribution in [3.63, 3.8) is 0 Å². The number of ether oxygens (including phenoxy) is 2. The first kappa shape index (κ1) is 20.0. The fourth-order valence-corrected chi connectivity index (χ4v) is 4.29. The minimum atomic E-state index is 0.0472. The summed E-state index contributed by atoms with van der Waals surface area (Å²) in [7, 11) is 1.56. The van der Waals surface area contributed by atoms with Crippen molar-refractivity contribution in [1.82, 2.24) is 9.80 Å². The maximum absolute atomic E-state index is 12.5. The van der Waals surface area contributed by atoms with Crippen LogP contribution >= 0.6 is 11.6 Å². The van der Waals surface area contributed by atoms with Crippen LogP contribution in [0.4, 0.5) is 0 Å². The number of benzene rings is 1. The smallest absolute Gasteiger partial charge is 0.246 e. The normalized spacial score (nSPS) is 19.0. The van der Waals surface area contributed by atoms with Crippen LogP contribution < -0.4 is 9.47 Å². The monoisotopic (exact) mass is 392 g/mol. The van der Waals surface area contributed by atoms with Crippen molar-refractivity contribution in [3.05, 3.63) is 28.8 Å². The Morgan fingerprint density at radius 1 is 1.22 bits per heavy atom. The lowest BCUT2D eigenvalue weighted by molar-refractivity contribution is -0.127. The van der Waals surface area contributed by atoms with Crippen LogP contribution in [-0.2, 0) is 4.79 Å². The van der Waals surface area contributed by atoms with Crippen molar-refractivity contribution in [2.75, 3.05) is 39.9 Å². The van der Waals surface area contributed by atoms with Gasteiger partial charge in [0.1, 0.15) is 0 Å². The molecule has 148 valence electrons. The zero-order chi connectivity index (χ0) is 19.2. The van der Waals surface area contributed by atoms with E-state index in [4.69, 9.17) is 21.1 Å². The molecule has 1 aromatic carbocycles. The van der Waals surface area contributed by atoms with Crippen LogP contribution in [0.25, 0.3) is 6.08 Å². The summed E-state index contributed by atoms with van der Waals surface area (Å²) in [6, 6.07) is 4.36. The van der Waals surface area contributed by atoms with Gasteiger partial charge in [0.05, 0.1) is 18.7 Å². The summed E-state index contributed by atoms with van der Waals surface area (Å²) in [5.41, 5.74) is 0.821. The predicted molar refractivity (Wildman–Crippen MR) is 109 cm³/mol. The molecule has 1 amide bonds. The summed E-state index contributed by atoms with van der Waals surface area (Å²) < 4.78 is 10.9. The highest BCUT2D eigenvalue weighted by molar-refractivity contribution is 6.32. The van der Waals surface area contributed by atoms with Crippen LogP contribution in [0.2, 0.25) is 5.02 Å². The van der Waals surface area contributed by atoms with Gasteiger partial charge in [-0.2, -0.15) is 0 Å². The van der Waals surface area contributed by atoms with Crippen LogP contribution in [0.3, 0.4) is 0 Å². The molecule has 5 nitrogen and oxygen atoms in total. The molecule has 1 saturated carbocycles. The van der Waals surface area contributed by atoms with Crippen LogP contribution in [0.5, 0.6) is 11.5 Å². The van der Waals surface area contributed by atoms with Crippen molar-refractivity contribution in [3.8, 4) is 11.5 Å². The highest BCUT2D eigenvalue weighted by Crippen LogP contribution is 2.36. The number of rotatable bonds is 6. The van der Waals surface area contributed by atoms with Gasteiger partial charge in [-0.25, -0.2) is 0 Å². The van der Waals surface area contributed by atoms with Crippen LogP contribution in [-0.4, -0.2) is 61.6 Å².